The van der Waals surface area contributed by atoms with Gasteiger partial charge in [0.05, 0.1) is 13.2 Å². The fourth-order valence-corrected chi connectivity index (χ4v) is 5.41. The quantitative estimate of drug-likeness (QED) is 0.387. The zero-order valence-electron chi connectivity index (χ0n) is 19.4. The molecular formula is C19H42N3O5P. The van der Waals surface area contributed by atoms with Crippen molar-refractivity contribution < 1.29 is 23.2 Å². The van der Waals surface area contributed by atoms with E-state index < -0.39 is 29.9 Å². The molecule has 0 aromatic heterocycles. The summed E-state index contributed by atoms with van der Waals surface area (Å²) >= 11 is 0. The maximum atomic E-state index is 13.8. The summed E-state index contributed by atoms with van der Waals surface area (Å²) in [5.41, 5.74) is 3.15. The zero-order chi connectivity index (χ0) is 22.4. The van der Waals surface area contributed by atoms with Gasteiger partial charge in [0.25, 0.3) is 5.91 Å². The Bertz CT molecular complexity index is 531. The fraction of sp³-hybridized carbons (Fsp3) is 0.947. The van der Waals surface area contributed by atoms with E-state index in [9.17, 15) is 9.36 Å². The molecule has 28 heavy (non-hydrogen) atoms. The van der Waals surface area contributed by atoms with Crippen LogP contribution in [-0.2, 0) is 23.2 Å². The molecule has 3 N–H and O–H groups in total. The third-order valence-corrected chi connectivity index (χ3v) is 6.70. The van der Waals surface area contributed by atoms with Crippen LogP contribution in [0.4, 0.5) is 0 Å². The molecule has 0 aliphatic carbocycles. The van der Waals surface area contributed by atoms with Gasteiger partial charge in [0, 0.05) is 18.6 Å². The number of nitrogens with one attached hydrogen (secondary N) is 1. The Morgan fingerprint density at radius 3 is 1.82 bits per heavy atom. The third kappa shape index (κ3) is 7.73. The second-order valence-electron chi connectivity index (χ2n) is 9.26. The number of carbonyl (C=O) groups excluding carboxylic acids is 1. The number of rotatable bonds is 11. The van der Waals surface area contributed by atoms with Crippen molar-refractivity contribution in [2.24, 2.45) is 11.1 Å². The second kappa shape index (κ2) is 10.5. The molecule has 1 atom stereocenters. The van der Waals surface area contributed by atoms with Crippen LogP contribution in [0.1, 0.15) is 69.2 Å². The van der Waals surface area contributed by atoms with Gasteiger partial charge in [0.2, 0.25) is 0 Å². The minimum atomic E-state index is -3.59. The van der Waals surface area contributed by atoms with Crippen LogP contribution in [-0.4, -0.2) is 54.2 Å². The van der Waals surface area contributed by atoms with Crippen molar-refractivity contribution >= 4 is 13.5 Å². The molecule has 0 aliphatic heterocycles. The maximum Gasteiger partial charge on any atom is 0.350 e. The van der Waals surface area contributed by atoms with Gasteiger partial charge in [-0.25, -0.2) is 0 Å². The number of amides is 1. The summed E-state index contributed by atoms with van der Waals surface area (Å²) in [5.74, 6) is -1.04. The highest BCUT2D eigenvalue weighted by Crippen LogP contribution is 2.61. The van der Waals surface area contributed by atoms with Gasteiger partial charge < -0.3 is 20.1 Å². The summed E-state index contributed by atoms with van der Waals surface area (Å²) in [6.07, 6.45) is 0. The Kier molecular flexibility index (Phi) is 10.3. The number of hydrogen-bond acceptors (Lipinski definition) is 7. The first-order chi connectivity index (χ1) is 12.6. The van der Waals surface area contributed by atoms with Crippen molar-refractivity contribution in [3.05, 3.63) is 0 Å². The monoisotopic (exact) mass is 423 g/mol. The van der Waals surface area contributed by atoms with Crippen LogP contribution < -0.4 is 11.1 Å². The summed E-state index contributed by atoms with van der Waals surface area (Å²) in [6, 6.07) is 0. The highest BCUT2D eigenvalue weighted by atomic mass is 31.2. The van der Waals surface area contributed by atoms with Crippen molar-refractivity contribution in [3.63, 3.8) is 0 Å². The van der Waals surface area contributed by atoms with Gasteiger partial charge in [-0.05, 0) is 53.9 Å². The summed E-state index contributed by atoms with van der Waals surface area (Å²) in [4.78, 5) is 18.8. The first-order valence-electron chi connectivity index (χ1n) is 9.92. The van der Waals surface area contributed by atoms with E-state index in [1.165, 1.54) is 0 Å². The van der Waals surface area contributed by atoms with Crippen molar-refractivity contribution in [3.8, 4) is 0 Å². The molecule has 0 fully saturated rings. The Labute approximate surface area is 171 Å². The Morgan fingerprint density at radius 2 is 1.50 bits per heavy atom. The van der Waals surface area contributed by atoms with Crippen LogP contribution in [0.2, 0.25) is 0 Å². The van der Waals surface area contributed by atoms with Gasteiger partial charge in [-0.1, -0.05) is 20.8 Å². The Morgan fingerprint density at radius 1 is 1.04 bits per heavy atom. The van der Waals surface area contributed by atoms with Crippen LogP contribution in [0.3, 0.4) is 0 Å². The predicted octanol–water partition coefficient (Wildman–Crippen LogP) is 3.51. The summed E-state index contributed by atoms with van der Waals surface area (Å²) < 4.78 is 25.1. The van der Waals surface area contributed by atoms with Crippen molar-refractivity contribution in [2.75, 3.05) is 26.3 Å². The number of nitrogens with zero attached hydrogens (tertiary/aromatic N) is 1. The van der Waals surface area contributed by atoms with Crippen LogP contribution >= 0.6 is 7.60 Å². The van der Waals surface area contributed by atoms with E-state index in [0.29, 0.717) is 13.1 Å². The topological polar surface area (TPSA) is 103 Å². The van der Waals surface area contributed by atoms with E-state index >= 15 is 0 Å². The molecule has 0 aromatic rings. The highest BCUT2D eigenvalue weighted by molar-refractivity contribution is 7.54. The van der Waals surface area contributed by atoms with E-state index in [-0.39, 0.29) is 19.1 Å². The number of hydroxylamine groups is 2. The second-order valence-corrected chi connectivity index (χ2v) is 11.3. The van der Waals surface area contributed by atoms with E-state index in [1.807, 2.05) is 41.5 Å². The molecule has 0 bridgehead atoms. The maximum absolute atomic E-state index is 13.8. The largest absolute Gasteiger partial charge is 0.352 e. The Hall–Kier alpha value is -0.500. The molecule has 1 amide bonds. The Balaban J connectivity index is 6.23. The fourth-order valence-electron chi connectivity index (χ4n) is 2.73. The molecular weight excluding hydrogens is 381 g/mol. The van der Waals surface area contributed by atoms with E-state index in [0.717, 1.165) is 0 Å². The van der Waals surface area contributed by atoms with Crippen LogP contribution in [0.15, 0.2) is 0 Å². The smallest absolute Gasteiger partial charge is 0.350 e. The van der Waals surface area contributed by atoms with Crippen molar-refractivity contribution in [2.45, 2.75) is 86.2 Å². The number of hydrogen-bond donors (Lipinski definition) is 2. The zero-order valence-corrected chi connectivity index (χ0v) is 20.3. The van der Waals surface area contributed by atoms with Gasteiger partial charge in [0.1, 0.15) is 5.78 Å². The molecule has 8 nitrogen and oxygen atoms in total. The van der Waals surface area contributed by atoms with Gasteiger partial charge in [-0.3, -0.25) is 14.2 Å². The molecule has 0 rings (SSSR count). The molecule has 1 unspecified atom stereocenters. The molecule has 9 heteroatoms. The molecule has 0 saturated carbocycles. The summed E-state index contributed by atoms with van der Waals surface area (Å²) in [7, 11) is -3.59. The molecule has 0 aliphatic rings. The minimum absolute atomic E-state index is 0.238. The molecule has 168 valence electrons. The van der Waals surface area contributed by atoms with E-state index in [1.54, 1.807) is 32.8 Å². The van der Waals surface area contributed by atoms with Crippen LogP contribution in [0.25, 0.3) is 0 Å². The molecule has 0 spiro atoms. The van der Waals surface area contributed by atoms with Crippen molar-refractivity contribution in [1.29, 1.82) is 0 Å². The first-order valence-corrected chi connectivity index (χ1v) is 11.5. The lowest BCUT2D eigenvalue weighted by Gasteiger charge is -2.49. The first kappa shape index (κ1) is 27.5. The minimum Gasteiger partial charge on any atom is -0.352 e. The number of carbonyl (C=O) groups is 1. The lowest BCUT2D eigenvalue weighted by molar-refractivity contribution is -0.286. The standard InChI is InChI=1S/C19H42N3O5P/c1-11-25-28(24,26-12-2)16(17(3,4)5)22(18(6,7)8)27-19(9,10)15(23)21-14-13-20/h16H,11-14,20H2,1-10H3,(H,21,23). The van der Waals surface area contributed by atoms with E-state index in [2.05, 4.69) is 5.32 Å². The number of nitrogens with two attached hydrogens (primary N) is 1. The van der Waals surface area contributed by atoms with Gasteiger partial charge >= 0.3 is 7.60 Å². The van der Waals surface area contributed by atoms with Crippen LogP contribution in [0.5, 0.6) is 0 Å². The molecule has 0 heterocycles. The lowest BCUT2D eigenvalue weighted by Crippen LogP contribution is -2.59. The molecule has 0 radical (unpaired) electrons. The third-order valence-electron chi connectivity index (χ3n) is 3.88. The molecule has 0 aromatic carbocycles. The van der Waals surface area contributed by atoms with Crippen LogP contribution in [0, 0.1) is 5.41 Å². The van der Waals surface area contributed by atoms with Gasteiger partial charge in [-0.15, -0.1) is 0 Å². The average molecular weight is 424 g/mol. The van der Waals surface area contributed by atoms with Gasteiger partial charge in [-0.2, -0.15) is 5.06 Å². The average Bonchev–Trinajstić information content (AvgIpc) is 2.49. The highest BCUT2D eigenvalue weighted by Gasteiger charge is 2.53. The summed E-state index contributed by atoms with van der Waals surface area (Å²) in [5, 5.41) is 4.36. The normalized spacial score (nSPS) is 15.0. The lowest BCUT2D eigenvalue weighted by atomic mass is 9.94. The van der Waals surface area contributed by atoms with E-state index in [4.69, 9.17) is 19.6 Å². The SMILES string of the molecule is CCOP(=O)(OCC)C(N(OC(C)(C)C(=O)NCCN)C(C)(C)C)C(C)(C)C. The summed E-state index contributed by atoms with van der Waals surface area (Å²) in [6.45, 7) is 19.7. The van der Waals surface area contributed by atoms with Crippen molar-refractivity contribution in [1.82, 2.24) is 10.4 Å². The predicted molar refractivity (Wildman–Crippen MR) is 113 cm³/mol. The molecule has 0 saturated heterocycles. The van der Waals surface area contributed by atoms with Gasteiger partial charge in [0.15, 0.2) is 5.60 Å².